The van der Waals surface area contributed by atoms with Crippen LogP contribution in [-0.2, 0) is 4.79 Å². The third kappa shape index (κ3) is 7.98. The molecule has 0 radical (unpaired) electrons. The first kappa shape index (κ1) is 28.9. The molecule has 3 aromatic rings. The molecule has 0 saturated carbocycles. The number of nitrogens with zero attached hydrogens (tertiary/aromatic N) is 2. The number of methoxy groups -OCH3 is 1. The van der Waals surface area contributed by atoms with E-state index >= 15 is 4.39 Å². The van der Waals surface area contributed by atoms with Crippen molar-refractivity contribution < 1.29 is 36.9 Å². The summed E-state index contributed by atoms with van der Waals surface area (Å²) in [6.07, 6.45) is -3.15. The van der Waals surface area contributed by atoms with Crippen molar-refractivity contribution in [3.63, 3.8) is 0 Å². The van der Waals surface area contributed by atoms with Gasteiger partial charge in [-0.1, -0.05) is 6.07 Å². The van der Waals surface area contributed by atoms with Crippen LogP contribution >= 0.6 is 11.8 Å². The minimum Gasteiger partial charge on any atom is -0.497 e. The smallest absolute Gasteiger partial charge is 0.497 e. The number of carboxylic acids is 1. The molecule has 1 unspecified atom stereocenters. The fourth-order valence-electron chi connectivity index (χ4n) is 5.01. The van der Waals surface area contributed by atoms with Crippen LogP contribution < -0.4 is 9.47 Å². The molecule has 6 nitrogen and oxygen atoms in total. The Hall–Kier alpha value is -3.05. The molecule has 11 heteroatoms. The second-order valence-electron chi connectivity index (χ2n) is 9.49. The minimum atomic E-state index is -4.75. The molecular formula is C28H30F4N2O4S. The monoisotopic (exact) mass is 566 g/mol. The maximum Gasteiger partial charge on any atom is 0.573 e. The van der Waals surface area contributed by atoms with E-state index in [4.69, 9.17) is 4.74 Å². The first-order valence-corrected chi connectivity index (χ1v) is 13.6. The SMILES string of the molecule is COc1ccc2nccc(C(F)CC[C@@H]3CCN(CCSc4cccc(OC(F)(F)F)c4)C[C@@H]3C(=O)O)c2c1. The van der Waals surface area contributed by atoms with Gasteiger partial charge in [0.25, 0.3) is 0 Å². The van der Waals surface area contributed by atoms with Crippen LogP contribution in [0.5, 0.6) is 11.5 Å². The molecule has 3 atom stereocenters. The van der Waals surface area contributed by atoms with E-state index in [1.54, 1.807) is 43.6 Å². The lowest BCUT2D eigenvalue weighted by Gasteiger charge is -2.36. The molecular weight excluding hydrogens is 536 g/mol. The number of rotatable bonds is 11. The number of hydrogen-bond acceptors (Lipinski definition) is 6. The molecule has 2 aromatic carbocycles. The van der Waals surface area contributed by atoms with Crippen molar-refractivity contribution in [3.05, 3.63) is 60.3 Å². The van der Waals surface area contributed by atoms with E-state index in [-0.39, 0.29) is 18.1 Å². The zero-order valence-electron chi connectivity index (χ0n) is 21.4. The molecule has 1 aliphatic rings. The van der Waals surface area contributed by atoms with Crippen LogP contribution in [0.1, 0.15) is 31.0 Å². The first-order valence-electron chi connectivity index (χ1n) is 12.6. The van der Waals surface area contributed by atoms with Gasteiger partial charge in [0.1, 0.15) is 17.7 Å². The minimum absolute atomic E-state index is 0.150. The van der Waals surface area contributed by atoms with Crippen LogP contribution in [-0.4, -0.2) is 59.8 Å². The lowest BCUT2D eigenvalue weighted by molar-refractivity contribution is -0.274. The lowest BCUT2D eigenvalue weighted by Crippen LogP contribution is -2.44. The molecule has 210 valence electrons. The van der Waals surface area contributed by atoms with Crippen molar-refractivity contribution in [1.82, 2.24) is 9.88 Å². The molecule has 39 heavy (non-hydrogen) atoms. The van der Waals surface area contributed by atoms with Gasteiger partial charge in [0.15, 0.2) is 0 Å². The fraction of sp³-hybridized carbons (Fsp3) is 0.429. The van der Waals surface area contributed by atoms with Gasteiger partial charge in [-0.05, 0) is 79.8 Å². The number of pyridine rings is 1. The van der Waals surface area contributed by atoms with Gasteiger partial charge in [0.05, 0.1) is 18.5 Å². The highest BCUT2D eigenvalue weighted by Gasteiger charge is 2.34. The van der Waals surface area contributed by atoms with Crippen LogP contribution in [0.25, 0.3) is 10.9 Å². The summed E-state index contributed by atoms with van der Waals surface area (Å²) in [7, 11) is 1.55. The molecule has 2 heterocycles. The number of hydrogen-bond donors (Lipinski definition) is 1. The number of thioether (sulfide) groups is 1. The van der Waals surface area contributed by atoms with Crippen LogP contribution in [0.4, 0.5) is 17.6 Å². The maximum absolute atomic E-state index is 15.4. The number of aromatic nitrogens is 1. The second kappa shape index (κ2) is 12.9. The number of benzene rings is 2. The predicted octanol–water partition coefficient (Wildman–Crippen LogP) is 6.75. The average Bonchev–Trinajstić information content (AvgIpc) is 2.90. The van der Waals surface area contributed by atoms with Crippen molar-refractivity contribution >= 4 is 28.6 Å². The zero-order valence-corrected chi connectivity index (χ0v) is 22.2. The zero-order chi connectivity index (χ0) is 28.0. The normalized spacial score (nSPS) is 19.1. The van der Waals surface area contributed by atoms with Crippen molar-refractivity contribution in [2.75, 3.05) is 32.5 Å². The lowest BCUT2D eigenvalue weighted by atomic mass is 9.81. The highest BCUT2D eigenvalue weighted by atomic mass is 32.2. The predicted molar refractivity (Wildman–Crippen MR) is 141 cm³/mol. The summed E-state index contributed by atoms with van der Waals surface area (Å²) < 4.78 is 62.0. The van der Waals surface area contributed by atoms with Gasteiger partial charge in [-0.2, -0.15) is 0 Å². The maximum atomic E-state index is 15.4. The van der Waals surface area contributed by atoms with E-state index < -0.39 is 24.4 Å². The Morgan fingerprint density at radius 3 is 2.77 bits per heavy atom. The van der Waals surface area contributed by atoms with Gasteiger partial charge in [-0.25, -0.2) is 4.39 Å². The number of carbonyl (C=O) groups is 1. The Balaban J connectivity index is 1.30. The van der Waals surface area contributed by atoms with Gasteiger partial charge in [0.2, 0.25) is 0 Å². The van der Waals surface area contributed by atoms with E-state index in [2.05, 4.69) is 9.72 Å². The van der Waals surface area contributed by atoms with Crippen LogP contribution in [0, 0.1) is 11.8 Å². The summed E-state index contributed by atoms with van der Waals surface area (Å²) in [5, 5.41) is 10.6. The van der Waals surface area contributed by atoms with Crippen molar-refractivity contribution in [2.24, 2.45) is 11.8 Å². The Morgan fingerprint density at radius 2 is 2.03 bits per heavy atom. The Labute approximate surface area is 228 Å². The van der Waals surface area contributed by atoms with Crippen LogP contribution in [0.15, 0.2) is 59.6 Å². The summed E-state index contributed by atoms with van der Waals surface area (Å²) in [5.41, 5.74) is 1.19. The molecule has 0 bridgehead atoms. The Morgan fingerprint density at radius 1 is 1.21 bits per heavy atom. The number of alkyl halides is 4. The molecule has 1 N–H and O–H groups in total. The molecule has 1 saturated heterocycles. The number of ether oxygens (including phenoxy) is 2. The van der Waals surface area contributed by atoms with Crippen molar-refractivity contribution in [3.8, 4) is 11.5 Å². The topological polar surface area (TPSA) is 71.9 Å². The first-order chi connectivity index (χ1) is 18.6. The molecule has 0 amide bonds. The highest BCUT2D eigenvalue weighted by molar-refractivity contribution is 7.99. The standard InChI is InChI=1S/C28H30F4N2O4S/c1-37-19-6-8-26-23(16-19)22(9-11-33-26)25(29)7-5-18-10-12-34(17-24(18)27(35)36)13-14-39-21-4-2-3-20(15-21)38-28(30,31)32/h2-4,6,8-9,11,15-16,18,24-25H,5,7,10,12-14,17H2,1H3,(H,35,36)/t18-,24+,25?/m1/s1. The molecule has 1 fully saturated rings. The van der Waals surface area contributed by atoms with Gasteiger partial charge in [0, 0.05) is 35.3 Å². The average molecular weight is 567 g/mol. The van der Waals surface area contributed by atoms with E-state index in [0.717, 1.165) is 0 Å². The van der Waals surface area contributed by atoms with Gasteiger partial charge in [-0.3, -0.25) is 9.78 Å². The number of halogens is 4. The third-order valence-electron chi connectivity index (χ3n) is 6.98. The highest BCUT2D eigenvalue weighted by Crippen LogP contribution is 2.36. The van der Waals surface area contributed by atoms with Crippen molar-refractivity contribution in [2.45, 2.75) is 36.7 Å². The Kier molecular flexibility index (Phi) is 9.55. The van der Waals surface area contributed by atoms with E-state index in [9.17, 15) is 23.1 Å². The fourth-order valence-corrected chi connectivity index (χ4v) is 5.97. The number of aliphatic carboxylic acids is 1. The summed E-state index contributed by atoms with van der Waals surface area (Å²) in [6.45, 7) is 1.62. The van der Waals surface area contributed by atoms with Gasteiger partial charge >= 0.3 is 12.3 Å². The summed E-state index contributed by atoms with van der Waals surface area (Å²) in [5.74, 6) is -0.745. The van der Waals surface area contributed by atoms with Crippen molar-refractivity contribution in [1.29, 1.82) is 0 Å². The van der Waals surface area contributed by atoms with E-state index in [1.807, 2.05) is 4.90 Å². The Bertz CT molecular complexity index is 1280. The summed E-state index contributed by atoms with van der Waals surface area (Å²) in [4.78, 5) is 19.0. The summed E-state index contributed by atoms with van der Waals surface area (Å²) >= 11 is 1.38. The molecule has 0 aliphatic carbocycles. The summed E-state index contributed by atoms with van der Waals surface area (Å²) in [6, 6.07) is 12.8. The van der Waals surface area contributed by atoms with Gasteiger partial charge < -0.3 is 19.5 Å². The van der Waals surface area contributed by atoms with Crippen LogP contribution in [0.2, 0.25) is 0 Å². The number of carboxylic acid groups (broad SMARTS) is 1. The van der Waals surface area contributed by atoms with E-state index in [1.165, 1.54) is 30.0 Å². The molecule has 1 aromatic heterocycles. The molecule has 1 aliphatic heterocycles. The van der Waals surface area contributed by atoms with Gasteiger partial charge in [-0.15, -0.1) is 24.9 Å². The second-order valence-corrected chi connectivity index (χ2v) is 10.7. The van der Waals surface area contributed by atoms with Crippen LogP contribution in [0.3, 0.4) is 0 Å². The molecule has 4 rings (SSSR count). The number of fused-ring (bicyclic) bond motifs is 1. The third-order valence-corrected chi connectivity index (χ3v) is 7.96. The molecule has 0 spiro atoms. The quantitative estimate of drug-likeness (QED) is 0.203. The number of piperidine rings is 1. The largest absolute Gasteiger partial charge is 0.573 e. The van der Waals surface area contributed by atoms with E-state index in [0.29, 0.717) is 65.3 Å². The number of likely N-dealkylation sites (tertiary alicyclic amines) is 1.